The maximum Gasteiger partial charge on any atom is 0.294 e. The van der Waals surface area contributed by atoms with Crippen LogP contribution >= 0.6 is 0 Å². The molecule has 0 radical (unpaired) electrons. The van der Waals surface area contributed by atoms with Gasteiger partial charge in [0.2, 0.25) is 11.6 Å². The fourth-order valence-electron chi connectivity index (χ4n) is 8.19. The Labute approximate surface area is 337 Å². The molecule has 4 aliphatic heterocycles. The molecular formula is C38H47N4O13S3+. The molecule has 2 aromatic carbocycles. The van der Waals surface area contributed by atoms with Crippen LogP contribution in [0.25, 0.3) is 6.08 Å². The number of hydrogen-bond donors (Lipinski definition) is 4. The molecule has 0 fully saturated rings. The van der Waals surface area contributed by atoms with Gasteiger partial charge in [0.05, 0.1) is 27.4 Å². The van der Waals surface area contributed by atoms with Crippen molar-refractivity contribution in [1.29, 1.82) is 0 Å². The van der Waals surface area contributed by atoms with E-state index in [-0.39, 0.29) is 62.3 Å². The summed E-state index contributed by atoms with van der Waals surface area (Å²) in [5.74, 6) is -1.45. The van der Waals surface area contributed by atoms with Crippen LogP contribution in [0.4, 0.5) is 11.4 Å². The van der Waals surface area contributed by atoms with Gasteiger partial charge >= 0.3 is 0 Å². The number of unbranched alkanes of at least 4 members (excludes halogenated alkanes) is 2. The van der Waals surface area contributed by atoms with E-state index >= 15 is 0 Å². The minimum absolute atomic E-state index is 0.0679. The van der Waals surface area contributed by atoms with E-state index in [1.54, 1.807) is 23.1 Å². The van der Waals surface area contributed by atoms with Crippen molar-refractivity contribution in [3.05, 3.63) is 65.3 Å². The molecule has 2 aromatic rings. The van der Waals surface area contributed by atoms with Crippen LogP contribution in [0.15, 0.2) is 59.0 Å². The molecule has 6 rings (SSSR count). The van der Waals surface area contributed by atoms with Gasteiger partial charge < -0.3 is 15.0 Å². The number of fused-ring (bicyclic) bond motifs is 5. The third-order valence-electron chi connectivity index (χ3n) is 10.9. The van der Waals surface area contributed by atoms with Crippen molar-refractivity contribution >= 4 is 71.2 Å². The van der Waals surface area contributed by atoms with Crippen LogP contribution in [0.2, 0.25) is 0 Å². The highest BCUT2D eigenvalue weighted by molar-refractivity contribution is 7.86. The highest BCUT2D eigenvalue weighted by atomic mass is 32.2. The van der Waals surface area contributed by atoms with Crippen LogP contribution in [0.5, 0.6) is 5.75 Å². The van der Waals surface area contributed by atoms with E-state index in [4.69, 9.17) is 4.74 Å². The number of nitrogens with zero attached hydrogens (tertiary/aromatic N) is 3. The molecule has 0 bridgehead atoms. The van der Waals surface area contributed by atoms with Crippen molar-refractivity contribution in [1.82, 2.24) is 10.2 Å². The highest BCUT2D eigenvalue weighted by Crippen LogP contribution is 2.50. The summed E-state index contributed by atoms with van der Waals surface area (Å²) >= 11 is 0. The molecule has 58 heavy (non-hydrogen) atoms. The zero-order chi connectivity index (χ0) is 42.0. The normalized spacial score (nSPS) is 20.0. The van der Waals surface area contributed by atoms with Crippen LogP contribution in [-0.2, 0) is 50.2 Å². The third-order valence-corrected chi connectivity index (χ3v) is 13.4. The van der Waals surface area contributed by atoms with Crippen molar-refractivity contribution in [3.63, 3.8) is 0 Å². The Morgan fingerprint density at radius 2 is 1.59 bits per heavy atom. The Bertz CT molecular complexity index is 2370. The molecule has 314 valence electrons. The van der Waals surface area contributed by atoms with Gasteiger partial charge in [-0.3, -0.25) is 32.9 Å². The minimum Gasteiger partial charge on any atom is -0.485 e. The second kappa shape index (κ2) is 17.0. The lowest BCUT2D eigenvalue weighted by atomic mass is 9.71. The molecule has 0 spiro atoms. The quantitative estimate of drug-likeness (QED) is 0.0687. The number of benzene rings is 2. The SMILES string of the molecule is CC1(CCCCCC(=O)NCCN2C(=O)C=CC2=O)C2=[N+](CCC3Oc4cc(N(CCCS(=O)(=O)O)CCCS(=O)(=O)O)ccc4C=C23)c2ccc(S(=O)(=O)O)cc21. The lowest BCUT2D eigenvalue weighted by molar-refractivity contribution is -0.444. The molecular weight excluding hydrogens is 817 g/mol. The third kappa shape index (κ3) is 10.0. The molecule has 0 saturated carbocycles. The van der Waals surface area contributed by atoms with E-state index < -0.39 is 59.1 Å². The number of carbonyl (C=O) groups excluding carboxylic acids is 3. The van der Waals surface area contributed by atoms with Crippen molar-refractivity contribution in [2.75, 3.05) is 49.1 Å². The maximum absolute atomic E-state index is 12.5. The Morgan fingerprint density at radius 1 is 0.914 bits per heavy atom. The summed E-state index contributed by atoms with van der Waals surface area (Å²) in [5.41, 5.74) is 4.06. The second-order valence-electron chi connectivity index (χ2n) is 15.0. The second-order valence-corrected chi connectivity index (χ2v) is 19.6. The van der Waals surface area contributed by atoms with Gasteiger partial charge in [0.25, 0.3) is 42.2 Å². The van der Waals surface area contributed by atoms with Crippen molar-refractivity contribution in [3.8, 4) is 5.75 Å². The fourth-order valence-corrected chi connectivity index (χ4v) is 9.69. The van der Waals surface area contributed by atoms with Gasteiger partial charge in [0.1, 0.15) is 11.9 Å². The minimum atomic E-state index is -4.51. The summed E-state index contributed by atoms with van der Waals surface area (Å²) < 4.78 is 107. The van der Waals surface area contributed by atoms with Crippen molar-refractivity contribution in [2.24, 2.45) is 0 Å². The van der Waals surface area contributed by atoms with Crippen LogP contribution < -0.4 is 15.0 Å². The number of rotatable bonds is 19. The summed E-state index contributed by atoms with van der Waals surface area (Å²) in [6, 6.07) is 10.0. The van der Waals surface area contributed by atoms with Crippen LogP contribution in [0.3, 0.4) is 0 Å². The lowest BCUT2D eigenvalue weighted by Gasteiger charge is -2.34. The zero-order valence-electron chi connectivity index (χ0n) is 31.9. The maximum atomic E-state index is 12.5. The summed E-state index contributed by atoms with van der Waals surface area (Å²) in [4.78, 5) is 38.6. The van der Waals surface area contributed by atoms with Crippen molar-refractivity contribution in [2.45, 2.75) is 74.7 Å². The van der Waals surface area contributed by atoms with Gasteiger partial charge in [-0.2, -0.15) is 29.8 Å². The van der Waals surface area contributed by atoms with Gasteiger partial charge in [-0.25, -0.2) is 0 Å². The van der Waals surface area contributed by atoms with Crippen LogP contribution in [-0.4, -0.2) is 122 Å². The van der Waals surface area contributed by atoms with E-state index in [2.05, 4.69) is 9.89 Å². The number of hydrogen-bond acceptors (Lipinski definition) is 11. The van der Waals surface area contributed by atoms with E-state index in [9.17, 15) is 53.3 Å². The first-order valence-corrected chi connectivity index (χ1v) is 23.6. The molecule has 0 saturated heterocycles. The molecule has 3 amide bonds. The number of carbonyl (C=O) groups is 3. The van der Waals surface area contributed by atoms with E-state index in [1.165, 1.54) is 24.3 Å². The molecule has 20 heteroatoms. The average Bonchev–Trinajstić information content (AvgIpc) is 3.59. The monoisotopic (exact) mass is 863 g/mol. The molecule has 4 N–H and O–H groups in total. The highest BCUT2D eigenvalue weighted by Gasteiger charge is 2.54. The average molecular weight is 864 g/mol. The first-order valence-electron chi connectivity index (χ1n) is 19.0. The number of ether oxygens (including phenoxy) is 1. The van der Waals surface area contributed by atoms with Crippen molar-refractivity contribution < 1.29 is 62.6 Å². The molecule has 0 aromatic heterocycles. The standard InChI is InChI=1S/C38H46N4O13S3/c1-38(15-4-2-3-7-34(43)39-16-20-42-35(44)12-13-36(42)45)30-25-28(58(52,53)54)10-11-31(30)41-19-14-32-29(37(38)41)23-26-8-9-27(24-33(26)55-32)40(17-5-21-56(46,47)48)18-6-22-57(49,50)51/h8-13,23-25,32H,2-7,14-22H2,1H3,(H3-,39,43,46,47,48,49,50,51,52,53,54)/p+1. The van der Waals surface area contributed by atoms with Gasteiger partial charge in [-0.15, -0.1) is 0 Å². The zero-order valence-corrected chi connectivity index (χ0v) is 34.3. The van der Waals surface area contributed by atoms with Crippen LogP contribution in [0.1, 0.15) is 69.4 Å². The summed E-state index contributed by atoms with van der Waals surface area (Å²) in [5, 5.41) is 2.75. The molecule has 2 unspecified atom stereocenters. The smallest absolute Gasteiger partial charge is 0.294 e. The Balaban J connectivity index is 1.20. The summed E-state index contributed by atoms with van der Waals surface area (Å²) in [7, 11) is -13.0. The predicted octanol–water partition coefficient (Wildman–Crippen LogP) is 2.89. The van der Waals surface area contributed by atoms with E-state index in [1.807, 2.05) is 19.1 Å². The Hall–Kier alpha value is -4.47. The number of imide groups is 1. The molecule has 17 nitrogen and oxygen atoms in total. The largest absolute Gasteiger partial charge is 0.485 e. The van der Waals surface area contributed by atoms with E-state index in [0.29, 0.717) is 50.1 Å². The molecule has 4 heterocycles. The Morgan fingerprint density at radius 3 is 2.22 bits per heavy atom. The molecule has 2 atom stereocenters. The molecule has 4 aliphatic rings. The summed E-state index contributed by atoms with van der Waals surface area (Å²) in [6.45, 7) is 3.16. The van der Waals surface area contributed by atoms with Gasteiger partial charge in [-0.05, 0) is 62.9 Å². The number of anilines is 1. The van der Waals surface area contributed by atoms with Gasteiger partial charge in [0, 0.05) is 80.1 Å². The fraction of sp³-hybridized carbons (Fsp3) is 0.474. The van der Waals surface area contributed by atoms with Gasteiger partial charge in [0.15, 0.2) is 12.3 Å². The Kier molecular flexibility index (Phi) is 12.7. The summed E-state index contributed by atoms with van der Waals surface area (Å²) in [6.07, 6.45) is 7.46. The van der Waals surface area contributed by atoms with Gasteiger partial charge in [-0.1, -0.05) is 12.8 Å². The first-order chi connectivity index (χ1) is 27.2. The lowest BCUT2D eigenvalue weighted by Crippen LogP contribution is -2.44. The predicted molar refractivity (Wildman–Crippen MR) is 213 cm³/mol. The number of nitrogens with one attached hydrogen (secondary N) is 1. The molecule has 0 aliphatic carbocycles. The van der Waals surface area contributed by atoms with E-state index in [0.717, 1.165) is 33.0 Å². The topological polar surface area (TPSA) is 245 Å². The number of amides is 3. The first kappa shape index (κ1) is 43.1. The van der Waals surface area contributed by atoms with Crippen LogP contribution in [0, 0.1) is 0 Å².